The number of carbonyl (C=O) groups is 1. The van der Waals surface area contributed by atoms with Crippen LogP contribution >= 0.6 is 0 Å². The van der Waals surface area contributed by atoms with Crippen LogP contribution in [0.15, 0.2) is 24.3 Å². The molecular weight excluding hydrogens is 266 g/mol. The van der Waals surface area contributed by atoms with Gasteiger partial charge in [0.1, 0.15) is 5.75 Å². The zero-order valence-electron chi connectivity index (χ0n) is 12.5. The van der Waals surface area contributed by atoms with E-state index in [1.54, 1.807) is 0 Å². The van der Waals surface area contributed by atoms with Crippen molar-refractivity contribution in [3.63, 3.8) is 0 Å². The number of hydrogen-bond donors (Lipinski definition) is 2. The quantitative estimate of drug-likeness (QED) is 0.591. The first-order valence-electron chi connectivity index (χ1n) is 7.62. The van der Waals surface area contributed by atoms with Crippen molar-refractivity contribution < 1.29 is 9.53 Å². The van der Waals surface area contributed by atoms with Crippen LogP contribution in [0.4, 0.5) is 5.69 Å². The minimum Gasteiger partial charge on any atom is -0.493 e. The van der Waals surface area contributed by atoms with E-state index < -0.39 is 0 Å². The van der Waals surface area contributed by atoms with Crippen LogP contribution in [0.2, 0.25) is 0 Å². The Balaban J connectivity index is 1.59. The minimum atomic E-state index is -0.177. The molecule has 1 aliphatic heterocycles. The van der Waals surface area contributed by atoms with Gasteiger partial charge in [-0.25, -0.2) is 0 Å². The average Bonchev–Trinajstić information content (AvgIpc) is 2.45. The summed E-state index contributed by atoms with van der Waals surface area (Å²) in [5, 5.41) is 0. The van der Waals surface area contributed by atoms with E-state index >= 15 is 0 Å². The second-order valence-electron chi connectivity index (χ2n) is 5.73. The fraction of sp³-hybridized carbons (Fsp3) is 0.562. The Hall–Kier alpha value is -1.75. The van der Waals surface area contributed by atoms with E-state index in [1.807, 2.05) is 24.3 Å². The SMILES string of the molecule is NC(=O)CC1CCN(CCCOc2cccc(N)c2)CC1. The molecule has 1 fully saturated rings. The molecule has 0 spiro atoms. The van der Waals surface area contributed by atoms with Crippen LogP contribution in [0.1, 0.15) is 25.7 Å². The van der Waals surface area contributed by atoms with E-state index in [0.717, 1.165) is 50.3 Å². The van der Waals surface area contributed by atoms with Crippen molar-refractivity contribution in [3.8, 4) is 5.75 Å². The maximum atomic E-state index is 10.9. The number of likely N-dealkylation sites (tertiary alicyclic amines) is 1. The number of primary amides is 1. The molecule has 0 atom stereocenters. The molecule has 1 aromatic rings. The van der Waals surface area contributed by atoms with Crippen molar-refractivity contribution >= 4 is 11.6 Å². The van der Waals surface area contributed by atoms with E-state index in [1.165, 1.54) is 0 Å². The first-order valence-corrected chi connectivity index (χ1v) is 7.62. The molecule has 4 N–H and O–H groups in total. The largest absolute Gasteiger partial charge is 0.493 e. The topological polar surface area (TPSA) is 81.6 Å². The van der Waals surface area contributed by atoms with Gasteiger partial charge in [-0.2, -0.15) is 0 Å². The lowest BCUT2D eigenvalue weighted by atomic mass is 9.93. The molecule has 5 nitrogen and oxygen atoms in total. The van der Waals surface area contributed by atoms with Gasteiger partial charge in [-0.1, -0.05) is 6.07 Å². The predicted octanol–water partition coefficient (Wildman–Crippen LogP) is 1.63. The molecule has 0 radical (unpaired) electrons. The lowest BCUT2D eigenvalue weighted by molar-refractivity contribution is -0.119. The Bertz CT molecular complexity index is 457. The summed E-state index contributed by atoms with van der Waals surface area (Å²) in [6.07, 6.45) is 3.67. The van der Waals surface area contributed by atoms with Crippen LogP contribution < -0.4 is 16.2 Å². The van der Waals surface area contributed by atoms with E-state index in [-0.39, 0.29) is 5.91 Å². The highest BCUT2D eigenvalue weighted by Gasteiger charge is 2.20. The van der Waals surface area contributed by atoms with Crippen molar-refractivity contribution in [1.82, 2.24) is 4.90 Å². The molecule has 2 rings (SSSR count). The number of rotatable bonds is 7. The van der Waals surface area contributed by atoms with Crippen LogP contribution in [0.3, 0.4) is 0 Å². The van der Waals surface area contributed by atoms with Crippen molar-refractivity contribution in [2.45, 2.75) is 25.7 Å². The number of hydrogen-bond acceptors (Lipinski definition) is 4. The fourth-order valence-corrected chi connectivity index (χ4v) is 2.78. The summed E-state index contributed by atoms with van der Waals surface area (Å²) >= 11 is 0. The highest BCUT2D eigenvalue weighted by atomic mass is 16.5. The van der Waals surface area contributed by atoms with E-state index in [0.29, 0.717) is 18.9 Å². The van der Waals surface area contributed by atoms with Crippen LogP contribution in [0.25, 0.3) is 0 Å². The Morgan fingerprint density at radius 2 is 2.10 bits per heavy atom. The Kier molecular flexibility index (Phi) is 5.87. The first kappa shape index (κ1) is 15.6. The van der Waals surface area contributed by atoms with Crippen molar-refractivity contribution in [1.29, 1.82) is 0 Å². The summed E-state index contributed by atoms with van der Waals surface area (Å²) in [5.41, 5.74) is 11.7. The van der Waals surface area contributed by atoms with E-state index in [9.17, 15) is 4.79 Å². The monoisotopic (exact) mass is 291 g/mol. The van der Waals surface area contributed by atoms with Crippen LogP contribution in [-0.4, -0.2) is 37.0 Å². The standard InChI is InChI=1S/C16H25N3O2/c17-14-3-1-4-15(12-14)21-10-2-7-19-8-5-13(6-9-19)11-16(18)20/h1,3-4,12-13H,2,5-11,17H2,(H2,18,20). The summed E-state index contributed by atoms with van der Waals surface area (Å²) in [5.74, 6) is 1.13. The summed E-state index contributed by atoms with van der Waals surface area (Å²) in [7, 11) is 0. The van der Waals surface area contributed by atoms with Gasteiger partial charge in [-0.15, -0.1) is 0 Å². The molecule has 1 heterocycles. The van der Waals surface area contributed by atoms with Gasteiger partial charge in [0.25, 0.3) is 0 Å². The van der Waals surface area contributed by atoms with Gasteiger partial charge in [0.2, 0.25) is 5.91 Å². The normalized spacial score (nSPS) is 16.8. The molecule has 0 aliphatic carbocycles. The van der Waals surface area contributed by atoms with Crippen LogP contribution in [0.5, 0.6) is 5.75 Å². The van der Waals surface area contributed by atoms with Crippen molar-refractivity contribution in [2.24, 2.45) is 11.7 Å². The number of benzene rings is 1. The lowest BCUT2D eigenvalue weighted by Gasteiger charge is -2.31. The number of amides is 1. The van der Waals surface area contributed by atoms with E-state index in [2.05, 4.69) is 4.90 Å². The zero-order chi connectivity index (χ0) is 15.1. The zero-order valence-corrected chi connectivity index (χ0v) is 12.5. The number of ether oxygens (including phenoxy) is 1. The predicted molar refractivity (Wildman–Crippen MR) is 83.9 cm³/mol. The number of nitrogens with zero attached hydrogens (tertiary/aromatic N) is 1. The number of carbonyl (C=O) groups excluding carboxylic acids is 1. The van der Waals surface area contributed by atoms with Gasteiger partial charge in [-0.05, 0) is 50.4 Å². The average molecular weight is 291 g/mol. The molecule has 1 amide bonds. The van der Waals surface area contributed by atoms with E-state index in [4.69, 9.17) is 16.2 Å². The smallest absolute Gasteiger partial charge is 0.217 e. The van der Waals surface area contributed by atoms with Gasteiger partial charge in [0.15, 0.2) is 0 Å². The maximum absolute atomic E-state index is 10.9. The molecule has 5 heteroatoms. The highest BCUT2D eigenvalue weighted by molar-refractivity contribution is 5.73. The molecule has 21 heavy (non-hydrogen) atoms. The first-order chi connectivity index (χ1) is 10.1. The van der Waals surface area contributed by atoms with Gasteiger partial charge in [0.05, 0.1) is 6.61 Å². The molecular formula is C16H25N3O2. The third-order valence-electron chi connectivity index (χ3n) is 3.94. The van der Waals surface area contributed by atoms with Gasteiger partial charge in [-0.3, -0.25) is 4.79 Å². The third kappa shape index (κ3) is 5.63. The summed E-state index contributed by atoms with van der Waals surface area (Å²) in [6.45, 7) is 3.84. The Morgan fingerprint density at radius 3 is 2.76 bits per heavy atom. The summed E-state index contributed by atoms with van der Waals surface area (Å²) in [6, 6.07) is 7.51. The van der Waals surface area contributed by atoms with Gasteiger partial charge >= 0.3 is 0 Å². The highest BCUT2D eigenvalue weighted by Crippen LogP contribution is 2.20. The second kappa shape index (κ2) is 7.88. The third-order valence-corrected chi connectivity index (χ3v) is 3.94. The molecule has 116 valence electrons. The van der Waals surface area contributed by atoms with Crippen LogP contribution in [-0.2, 0) is 4.79 Å². The second-order valence-corrected chi connectivity index (χ2v) is 5.73. The summed E-state index contributed by atoms with van der Waals surface area (Å²) in [4.78, 5) is 13.3. The van der Waals surface area contributed by atoms with Gasteiger partial charge < -0.3 is 21.1 Å². The van der Waals surface area contributed by atoms with Gasteiger partial charge in [0, 0.05) is 24.7 Å². The number of nitrogen functional groups attached to an aromatic ring is 1. The molecule has 1 saturated heterocycles. The minimum absolute atomic E-state index is 0.177. The number of nitrogens with two attached hydrogens (primary N) is 2. The van der Waals surface area contributed by atoms with Crippen LogP contribution in [0, 0.1) is 5.92 Å². The lowest BCUT2D eigenvalue weighted by Crippen LogP contribution is -2.36. The van der Waals surface area contributed by atoms with Crippen molar-refractivity contribution in [2.75, 3.05) is 32.0 Å². The molecule has 0 unspecified atom stereocenters. The molecule has 1 aromatic carbocycles. The summed E-state index contributed by atoms with van der Waals surface area (Å²) < 4.78 is 5.68. The molecule has 0 aromatic heterocycles. The molecule has 1 aliphatic rings. The number of anilines is 1. The number of piperidine rings is 1. The Morgan fingerprint density at radius 1 is 1.33 bits per heavy atom. The van der Waals surface area contributed by atoms with Crippen molar-refractivity contribution in [3.05, 3.63) is 24.3 Å². The molecule has 0 saturated carbocycles. The molecule has 0 bridgehead atoms. The maximum Gasteiger partial charge on any atom is 0.217 e. The fourth-order valence-electron chi connectivity index (χ4n) is 2.78. The Labute approximate surface area is 126 Å².